The van der Waals surface area contributed by atoms with Crippen molar-refractivity contribution in [2.75, 3.05) is 16.0 Å². The zero-order chi connectivity index (χ0) is 17.2. The van der Waals surface area contributed by atoms with Crippen LogP contribution in [0.25, 0.3) is 0 Å². The fraction of sp³-hybridized carbons (Fsp3) is 0.105. The molecular weight excluding hydrogens is 314 g/mol. The van der Waals surface area contributed by atoms with Crippen molar-refractivity contribution >= 4 is 29.0 Å². The lowest BCUT2D eigenvalue weighted by Crippen LogP contribution is -2.13. The predicted molar refractivity (Wildman–Crippen MR) is 98.2 cm³/mol. The quantitative estimate of drug-likeness (QED) is 0.682. The van der Waals surface area contributed by atoms with Crippen molar-refractivity contribution in [2.45, 2.75) is 13.5 Å². The Hall–Kier alpha value is -3.41. The second-order valence-electron chi connectivity index (χ2n) is 5.92. The van der Waals surface area contributed by atoms with Crippen molar-refractivity contribution in [2.24, 2.45) is 0 Å². The van der Waals surface area contributed by atoms with Gasteiger partial charge in [-0.25, -0.2) is 4.98 Å². The smallest absolute Gasteiger partial charge is 0.261 e. The molecule has 1 amide bonds. The van der Waals surface area contributed by atoms with Gasteiger partial charge in [-0.15, -0.1) is 0 Å². The molecule has 0 saturated carbocycles. The Balaban J connectivity index is 1.61. The van der Waals surface area contributed by atoms with E-state index in [9.17, 15) is 4.79 Å². The second-order valence-corrected chi connectivity index (χ2v) is 5.92. The second kappa shape index (κ2) is 6.24. The molecular formula is C19H17N5O. The number of hydrogen-bond donors (Lipinski definition) is 3. The molecule has 25 heavy (non-hydrogen) atoms. The molecule has 4 rings (SSSR count). The van der Waals surface area contributed by atoms with Gasteiger partial charge < -0.3 is 16.0 Å². The van der Waals surface area contributed by atoms with Crippen molar-refractivity contribution in [3.63, 3.8) is 0 Å². The summed E-state index contributed by atoms with van der Waals surface area (Å²) in [5, 5.41) is 9.31. The van der Waals surface area contributed by atoms with Crippen molar-refractivity contribution in [3.05, 3.63) is 71.4 Å². The average Bonchev–Trinajstić information content (AvgIpc) is 2.76. The van der Waals surface area contributed by atoms with Crippen LogP contribution in [0, 0.1) is 6.92 Å². The van der Waals surface area contributed by atoms with Crippen LogP contribution in [-0.2, 0) is 6.54 Å². The van der Waals surface area contributed by atoms with Crippen LogP contribution < -0.4 is 16.0 Å². The number of aryl methyl sites for hydroxylation is 1. The van der Waals surface area contributed by atoms with Gasteiger partial charge in [-0.05, 0) is 30.2 Å². The molecule has 124 valence electrons. The lowest BCUT2D eigenvalue weighted by molar-refractivity contribution is 0.102. The number of nitrogens with zero attached hydrogens (tertiary/aromatic N) is 2. The molecule has 1 aliphatic heterocycles. The van der Waals surface area contributed by atoms with E-state index in [2.05, 4.69) is 25.9 Å². The molecule has 0 atom stereocenters. The zero-order valence-electron chi connectivity index (χ0n) is 13.7. The minimum atomic E-state index is -0.221. The van der Waals surface area contributed by atoms with Crippen LogP contribution in [0.2, 0.25) is 0 Å². The Morgan fingerprint density at radius 2 is 1.88 bits per heavy atom. The molecule has 2 aromatic carbocycles. The molecule has 1 aliphatic rings. The van der Waals surface area contributed by atoms with Gasteiger partial charge in [0, 0.05) is 12.7 Å². The maximum absolute atomic E-state index is 12.4. The number of hydrogen-bond acceptors (Lipinski definition) is 5. The number of carbonyl (C=O) groups excluding carboxylic acids is 1. The Kier molecular flexibility index (Phi) is 3.78. The van der Waals surface area contributed by atoms with Crippen LogP contribution in [0.3, 0.4) is 0 Å². The fourth-order valence-corrected chi connectivity index (χ4v) is 2.69. The molecule has 0 spiro atoms. The first-order valence-corrected chi connectivity index (χ1v) is 8.03. The van der Waals surface area contributed by atoms with E-state index in [-0.39, 0.29) is 5.91 Å². The lowest BCUT2D eigenvalue weighted by atomic mass is 10.2. The van der Waals surface area contributed by atoms with Gasteiger partial charge in [0.2, 0.25) is 5.95 Å². The maximum Gasteiger partial charge on any atom is 0.261 e. The molecule has 0 bridgehead atoms. The first-order valence-electron chi connectivity index (χ1n) is 8.03. The van der Waals surface area contributed by atoms with E-state index in [1.165, 1.54) is 6.20 Å². The highest BCUT2D eigenvalue weighted by atomic mass is 16.1. The number of anilines is 4. The van der Waals surface area contributed by atoms with Gasteiger partial charge in [-0.1, -0.05) is 36.4 Å². The molecule has 6 nitrogen and oxygen atoms in total. The third-order valence-electron chi connectivity index (χ3n) is 4.00. The topological polar surface area (TPSA) is 78.9 Å². The van der Waals surface area contributed by atoms with Gasteiger partial charge in [-0.2, -0.15) is 4.98 Å². The van der Waals surface area contributed by atoms with E-state index in [1.807, 2.05) is 55.5 Å². The van der Waals surface area contributed by atoms with Gasteiger partial charge >= 0.3 is 0 Å². The van der Waals surface area contributed by atoms with Crippen molar-refractivity contribution < 1.29 is 4.79 Å². The maximum atomic E-state index is 12.4. The summed E-state index contributed by atoms with van der Waals surface area (Å²) in [6.07, 6.45) is 1.54. The summed E-state index contributed by atoms with van der Waals surface area (Å²) in [6, 6.07) is 15.8. The molecule has 0 saturated heterocycles. The normalized spacial score (nSPS) is 12.3. The summed E-state index contributed by atoms with van der Waals surface area (Å²) in [4.78, 5) is 21.1. The molecule has 1 aromatic heterocycles. The van der Waals surface area contributed by atoms with E-state index in [0.29, 0.717) is 23.9 Å². The highest BCUT2D eigenvalue weighted by Crippen LogP contribution is 2.31. The van der Waals surface area contributed by atoms with Crippen molar-refractivity contribution in [3.8, 4) is 0 Å². The van der Waals surface area contributed by atoms with E-state index >= 15 is 0 Å². The Morgan fingerprint density at radius 3 is 2.72 bits per heavy atom. The molecule has 2 heterocycles. The number of carbonyl (C=O) groups is 1. The van der Waals surface area contributed by atoms with Crippen LogP contribution in [-0.4, -0.2) is 15.9 Å². The Labute approximate surface area is 145 Å². The zero-order valence-corrected chi connectivity index (χ0v) is 13.7. The van der Waals surface area contributed by atoms with Gasteiger partial charge in [0.15, 0.2) is 0 Å². The minimum Gasteiger partial charge on any atom is -0.350 e. The first kappa shape index (κ1) is 15.1. The van der Waals surface area contributed by atoms with Gasteiger partial charge in [0.05, 0.1) is 11.4 Å². The van der Waals surface area contributed by atoms with E-state index in [4.69, 9.17) is 0 Å². The summed E-state index contributed by atoms with van der Waals surface area (Å²) < 4.78 is 0. The molecule has 0 unspecified atom stereocenters. The highest BCUT2D eigenvalue weighted by Gasteiger charge is 2.21. The highest BCUT2D eigenvalue weighted by molar-refractivity contribution is 6.11. The van der Waals surface area contributed by atoms with Gasteiger partial charge in [-0.3, -0.25) is 4.79 Å². The summed E-state index contributed by atoms with van der Waals surface area (Å²) in [5.74, 6) is 0.741. The average molecular weight is 331 g/mol. The Bertz CT molecular complexity index is 940. The van der Waals surface area contributed by atoms with Crippen LogP contribution in [0.4, 0.5) is 23.1 Å². The van der Waals surface area contributed by atoms with Crippen molar-refractivity contribution in [1.29, 1.82) is 0 Å². The number of nitrogens with one attached hydrogen (secondary N) is 3. The van der Waals surface area contributed by atoms with E-state index in [1.54, 1.807) is 0 Å². The Morgan fingerprint density at radius 1 is 1.04 bits per heavy atom. The summed E-state index contributed by atoms with van der Waals surface area (Å²) in [7, 11) is 0. The monoisotopic (exact) mass is 331 g/mol. The third kappa shape index (κ3) is 3.14. The molecule has 0 fully saturated rings. The predicted octanol–water partition coefficient (Wildman–Crippen LogP) is 3.71. The number of amides is 1. The van der Waals surface area contributed by atoms with Crippen LogP contribution >= 0.6 is 0 Å². The first-order chi connectivity index (χ1) is 12.2. The number of rotatable bonds is 3. The minimum absolute atomic E-state index is 0.221. The number of fused-ring (bicyclic) bond motifs is 2. The molecule has 0 radical (unpaired) electrons. The van der Waals surface area contributed by atoms with Crippen LogP contribution in [0.5, 0.6) is 0 Å². The standard InChI is InChI=1S/C19H17N5O/c1-12-7-8-15-16(9-12)23-18(25)14-11-21-19(24-17(14)22-15)20-10-13-5-3-2-4-6-13/h2-9,11H,10H2,1H3,(H,23,25)(H2,20,21,22,24). The number of benzene rings is 2. The van der Waals surface area contributed by atoms with E-state index in [0.717, 1.165) is 22.5 Å². The number of aromatic nitrogens is 2. The van der Waals surface area contributed by atoms with Gasteiger partial charge in [0.25, 0.3) is 5.91 Å². The molecule has 3 aromatic rings. The SMILES string of the molecule is Cc1ccc2c(c1)NC(=O)c1cnc(NCc3ccccc3)nc1N2. The largest absolute Gasteiger partial charge is 0.350 e. The summed E-state index contributed by atoms with van der Waals surface area (Å²) in [6.45, 7) is 2.59. The molecule has 3 N–H and O–H groups in total. The third-order valence-corrected chi connectivity index (χ3v) is 4.00. The molecule has 0 aliphatic carbocycles. The van der Waals surface area contributed by atoms with Crippen LogP contribution in [0.15, 0.2) is 54.7 Å². The van der Waals surface area contributed by atoms with Gasteiger partial charge in [0.1, 0.15) is 11.4 Å². The summed E-state index contributed by atoms with van der Waals surface area (Å²) in [5.41, 5.74) is 4.17. The van der Waals surface area contributed by atoms with E-state index < -0.39 is 0 Å². The molecule has 6 heteroatoms. The fourth-order valence-electron chi connectivity index (χ4n) is 2.69. The lowest BCUT2D eigenvalue weighted by Gasteiger charge is -2.10. The van der Waals surface area contributed by atoms with Crippen molar-refractivity contribution in [1.82, 2.24) is 9.97 Å². The van der Waals surface area contributed by atoms with Crippen LogP contribution in [0.1, 0.15) is 21.5 Å². The summed E-state index contributed by atoms with van der Waals surface area (Å²) >= 11 is 0.